The summed E-state index contributed by atoms with van der Waals surface area (Å²) in [6, 6.07) is 11.7. The number of hydrogen-bond acceptors (Lipinski definition) is 5. The zero-order chi connectivity index (χ0) is 20.6. The van der Waals surface area contributed by atoms with Crippen molar-refractivity contribution < 1.29 is 18.8 Å². The van der Waals surface area contributed by atoms with E-state index in [9.17, 15) is 18.8 Å². The summed E-state index contributed by atoms with van der Waals surface area (Å²) in [4.78, 5) is 40.2. The second-order valence-corrected chi connectivity index (χ2v) is 6.56. The van der Waals surface area contributed by atoms with E-state index in [0.29, 0.717) is 5.56 Å². The molecule has 4 rings (SSSR count). The molecule has 0 spiro atoms. The molecular formula is C19H15FN6O3. The predicted molar refractivity (Wildman–Crippen MR) is 100 cm³/mol. The van der Waals surface area contributed by atoms with Gasteiger partial charge in [-0.25, -0.2) is 9.18 Å². The van der Waals surface area contributed by atoms with Gasteiger partial charge >= 0.3 is 6.03 Å². The van der Waals surface area contributed by atoms with Crippen LogP contribution >= 0.6 is 0 Å². The van der Waals surface area contributed by atoms with Crippen LogP contribution in [0.1, 0.15) is 22.8 Å². The Hall–Kier alpha value is -4.08. The average molecular weight is 394 g/mol. The molecule has 1 aliphatic heterocycles. The molecule has 10 heteroatoms. The monoisotopic (exact) mass is 394 g/mol. The van der Waals surface area contributed by atoms with Gasteiger partial charge in [-0.15, -0.1) is 5.10 Å². The molecule has 1 aliphatic rings. The lowest BCUT2D eigenvalue weighted by Crippen LogP contribution is -2.40. The minimum absolute atomic E-state index is 0.0308. The van der Waals surface area contributed by atoms with Crippen LogP contribution in [-0.2, 0) is 10.3 Å². The van der Waals surface area contributed by atoms with Gasteiger partial charge in [0.2, 0.25) is 5.95 Å². The van der Waals surface area contributed by atoms with Crippen molar-refractivity contribution in [1.29, 1.82) is 0 Å². The summed E-state index contributed by atoms with van der Waals surface area (Å²) in [5.74, 6) is -1.37. The van der Waals surface area contributed by atoms with Gasteiger partial charge in [0.15, 0.2) is 5.82 Å². The van der Waals surface area contributed by atoms with Crippen molar-refractivity contribution in [2.45, 2.75) is 12.5 Å². The van der Waals surface area contributed by atoms with E-state index in [4.69, 9.17) is 0 Å². The largest absolute Gasteiger partial charge is 0.322 e. The zero-order valence-corrected chi connectivity index (χ0v) is 15.1. The molecule has 29 heavy (non-hydrogen) atoms. The maximum atomic E-state index is 13.9. The van der Waals surface area contributed by atoms with E-state index in [1.54, 1.807) is 37.3 Å². The highest BCUT2D eigenvalue weighted by Crippen LogP contribution is 2.25. The van der Waals surface area contributed by atoms with Crippen molar-refractivity contribution in [1.82, 2.24) is 25.8 Å². The third kappa shape index (κ3) is 3.31. The summed E-state index contributed by atoms with van der Waals surface area (Å²) < 4.78 is 13.9. The highest BCUT2D eigenvalue weighted by molar-refractivity contribution is 6.08. The van der Waals surface area contributed by atoms with E-state index < -0.39 is 29.2 Å². The first-order chi connectivity index (χ1) is 13.9. The summed E-state index contributed by atoms with van der Waals surface area (Å²) in [6.07, 6.45) is 0. The van der Waals surface area contributed by atoms with E-state index in [-0.39, 0.29) is 22.9 Å². The van der Waals surface area contributed by atoms with Crippen LogP contribution in [0.15, 0.2) is 48.5 Å². The molecule has 0 bridgehead atoms. The number of urea groups is 1. The molecule has 146 valence electrons. The number of aromatic nitrogens is 3. The Balaban J connectivity index is 1.55. The van der Waals surface area contributed by atoms with Crippen molar-refractivity contribution in [3.63, 3.8) is 0 Å². The van der Waals surface area contributed by atoms with Gasteiger partial charge in [-0.05, 0) is 36.8 Å². The summed E-state index contributed by atoms with van der Waals surface area (Å²) in [5, 5.41) is 13.7. The van der Waals surface area contributed by atoms with Crippen LogP contribution < -0.4 is 16.0 Å². The average Bonchev–Trinajstić information content (AvgIpc) is 3.26. The number of H-pyrrole nitrogens is 1. The second-order valence-electron chi connectivity index (χ2n) is 6.56. The number of carbonyl (C=O) groups is 3. The number of nitrogens with one attached hydrogen (secondary N) is 4. The van der Waals surface area contributed by atoms with Crippen molar-refractivity contribution in [3.8, 4) is 11.4 Å². The number of aromatic amines is 1. The molecule has 1 saturated heterocycles. The van der Waals surface area contributed by atoms with Crippen LogP contribution in [0.3, 0.4) is 0 Å². The van der Waals surface area contributed by atoms with Gasteiger partial charge in [0.1, 0.15) is 11.4 Å². The Labute approximate surface area is 163 Å². The number of anilines is 1. The molecule has 1 fully saturated rings. The van der Waals surface area contributed by atoms with E-state index in [2.05, 4.69) is 31.1 Å². The van der Waals surface area contributed by atoms with Crippen LogP contribution in [0.2, 0.25) is 0 Å². The maximum Gasteiger partial charge on any atom is 0.322 e. The van der Waals surface area contributed by atoms with Gasteiger partial charge in [-0.3, -0.25) is 25.3 Å². The van der Waals surface area contributed by atoms with Crippen molar-refractivity contribution >= 4 is 23.8 Å². The van der Waals surface area contributed by atoms with Crippen molar-refractivity contribution in [2.75, 3.05) is 5.32 Å². The molecule has 2 heterocycles. The molecule has 1 unspecified atom stereocenters. The molecule has 1 aromatic heterocycles. The molecule has 1 atom stereocenters. The van der Waals surface area contributed by atoms with Crippen LogP contribution in [0.4, 0.5) is 15.1 Å². The fraction of sp³-hybridized carbons (Fsp3) is 0.105. The van der Waals surface area contributed by atoms with E-state index in [0.717, 1.165) is 0 Å². The smallest absolute Gasteiger partial charge is 0.320 e. The van der Waals surface area contributed by atoms with Gasteiger partial charge in [0.25, 0.3) is 11.8 Å². The quantitative estimate of drug-likeness (QED) is 0.503. The number of carbonyl (C=O) groups excluding carboxylic acids is 3. The third-order valence-electron chi connectivity index (χ3n) is 4.59. The molecule has 0 radical (unpaired) electrons. The topological polar surface area (TPSA) is 129 Å². The summed E-state index contributed by atoms with van der Waals surface area (Å²) in [7, 11) is 0. The van der Waals surface area contributed by atoms with Gasteiger partial charge in [0.05, 0.1) is 5.56 Å². The Kier molecular flexibility index (Phi) is 4.30. The minimum atomic E-state index is -1.28. The number of rotatable bonds is 4. The predicted octanol–water partition coefficient (Wildman–Crippen LogP) is 1.92. The Morgan fingerprint density at radius 2 is 1.93 bits per heavy atom. The summed E-state index contributed by atoms with van der Waals surface area (Å²) >= 11 is 0. The van der Waals surface area contributed by atoms with E-state index in [1.165, 1.54) is 18.2 Å². The maximum absolute atomic E-state index is 13.9. The fourth-order valence-corrected chi connectivity index (χ4v) is 2.98. The second kappa shape index (κ2) is 6.82. The van der Waals surface area contributed by atoms with Gasteiger partial charge in [-0.2, -0.15) is 4.98 Å². The number of imide groups is 1. The lowest BCUT2D eigenvalue weighted by molar-refractivity contribution is -0.123. The molecule has 4 N–H and O–H groups in total. The minimum Gasteiger partial charge on any atom is -0.320 e. The van der Waals surface area contributed by atoms with Crippen LogP contribution in [0, 0.1) is 5.82 Å². The first-order valence-electron chi connectivity index (χ1n) is 8.59. The number of halogens is 1. The molecule has 4 amide bonds. The molecule has 3 aromatic rings. The molecule has 9 nitrogen and oxygen atoms in total. The Morgan fingerprint density at radius 1 is 1.14 bits per heavy atom. The number of amides is 4. The zero-order valence-electron chi connectivity index (χ0n) is 15.1. The van der Waals surface area contributed by atoms with Crippen LogP contribution in [-0.4, -0.2) is 33.0 Å². The lowest BCUT2D eigenvalue weighted by Gasteiger charge is -2.21. The highest BCUT2D eigenvalue weighted by Gasteiger charge is 2.43. The van der Waals surface area contributed by atoms with Gasteiger partial charge in [-0.1, -0.05) is 24.3 Å². The van der Waals surface area contributed by atoms with Crippen LogP contribution in [0.25, 0.3) is 11.4 Å². The van der Waals surface area contributed by atoms with E-state index >= 15 is 0 Å². The Morgan fingerprint density at radius 3 is 2.66 bits per heavy atom. The Bertz CT molecular complexity index is 1140. The molecule has 0 aliphatic carbocycles. The standard InChI is InChI=1S/C19H15FN6O3/c1-19(16(28)23-18(29)24-19)11-6-4-5-10(9-11)15(27)22-17-21-14(25-26-17)12-7-2-3-8-13(12)20/h2-9H,1H3,(H2,23,24,28,29)(H2,21,22,25,26,27). The lowest BCUT2D eigenvalue weighted by atomic mass is 9.91. The van der Waals surface area contributed by atoms with Gasteiger partial charge < -0.3 is 5.32 Å². The van der Waals surface area contributed by atoms with Crippen molar-refractivity contribution in [3.05, 3.63) is 65.5 Å². The highest BCUT2D eigenvalue weighted by atomic mass is 19.1. The molecule has 0 saturated carbocycles. The SMILES string of the molecule is CC1(c2cccc(C(=O)Nc3n[nH]c(-c4ccccc4F)n3)c2)NC(=O)NC1=O. The number of hydrogen-bond donors (Lipinski definition) is 4. The number of nitrogens with zero attached hydrogens (tertiary/aromatic N) is 2. The normalized spacial score (nSPS) is 18.3. The first kappa shape index (κ1) is 18.3. The summed E-state index contributed by atoms with van der Waals surface area (Å²) in [5.41, 5.74) is -0.389. The first-order valence-corrected chi connectivity index (χ1v) is 8.59. The fourth-order valence-electron chi connectivity index (χ4n) is 2.98. The third-order valence-corrected chi connectivity index (χ3v) is 4.59. The number of benzene rings is 2. The summed E-state index contributed by atoms with van der Waals surface area (Å²) in [6.45, 7) is 1.54. The van der Waals surface area contributed by atoms with Crippen LogP contribution in [0.5, 0.6) is 0 Å². The van der Waals surface area contributed by atoms with E-state index in [1.807, 2.05) is 0 Å². The van der Waals surface area contributed by atoms with Crippen molar-refractivity contribution in [2.24, 2.45) is 0 Å². The molecular weight excluding hydrogens is 379 g/mol. The van der Waals surface area contributed by atoms with Gasteiger partial charge in [0, 0.05) is 5.56 Å². The molecule has 2 aromatic carbocycles.